The Kier molecular flexibility index (Phi) is 6.18. The van der Waals surface area contributed by atoms with Gasteiger partial charge in [0.1, 0.15) is 0 Å². The first-order chi connectivity index (χ1) is 12.2. The van der Waals surface area contributed by atoms with Crippen molar-refractivity contribution < 1.29 is 9.53 Å². The molecule has 0 bridgehead atoms. The minimum atomic E-state index is 0.165. The Labute approximate surface area is 149 Å². The van der Waals surface area contributed by atoms with Crippen molar-refractivity contribution in [3.8, 4) is 0 Å². The van der Waals surface area contributed by atoms with Gasteiger partial charge in [-0.3, -0.25) is 9.78 Å². The summed E-state index contributed by atoms with van der Waals surface area (Å²) in [4.78, 5) is 19.0. The molecule has 25 heavy (non-hydrogen) atoms. The Balaban J connectivity index is 1.67. The third-order valence-electron chi connectivity index (χ3n) is 4.77. The van der Waals surface area contributed by atoms with Gasteiger partial charge in [0.15, 0.2) is 0 Å². The van der Waals surface area contributed by atoms with Crippen LogP contribution in [0, 0.1) is 0 Å². The van der Waals surface area contributed by atoms with E-state index in [2.05, 4.69) is 24.0 Å². The SMILES string of the molecule is CC(CC(=O)N(Cc1ccncc1)CC1CCCO1)c1ccccc1. The first-order valence-corrected chi connectivity index (χ1v) is 9.05. The zero-order valence-corrected chi connectivity index (χ0v) is 14.8. The van der Waals surface area contributed by atoms with E-state index in [0.29, 0.717) is 19.5 Å². The fraction of sp³-hybridized carbons (Fsp3) is 0.429. The van der Waals surface area contributed by atoms with Gasteiger partial charge in [0.2, 0.25) is 5.91 Å². The van der Waals surface area contributed by atoms with Crippen LogP contribution in [-0.2, 0) is 16.1 Å². The summed E-state index contributed by atoms with van der Waals surface area (Å²) in [6.45, 7) is 4.21. The van der Waals surface area contributed by atoms with Crippen LogP contribution >= 0.6 is 0 Å². The molecule has 0 spiro atoms. The summed E-state index contributed by atoms with van der Waals surface area (Å²) in [6.07, 6.45) is 6.35. The molecule has 0 aliphatic carbocycles. The number of hydrogen-bond donors (Lipinski definition) is 0. The monoisotopic (exact) mass is 338 g/mol. The molecule has 0 N–H and O–H groups in total. The lowest BCUT2D eigenvalue weighted by molar-refractivity contribution is -0.133. The van der Waals surface area contributed by atoms with Gasteiger partial charge in [-0.15, -0.1) is 0 Å². The Morgan fingerprint density at radius 3 is 2.68 bits per heavy atom. The van der Waals surface area contributed by atoms with Crippen LogP contribution < -0.4 is 0 Å². The number of aromatic nitrogens is 1. The number of carbonyl (C=O) groups is 1. The molecule has 1 aliphatic rings. The molecule has 2 heterocycles. The summed E-state index contributed by atoms with van der Waals surface area (Å²) in [5, 5.41) is 0. The van der Waals surface area contributed by atoms with E-state index in [1.54, 1.807) is 12.4 Å². The molecule has 2 aromatic rings. The highest BCUT2D eigenvalue weighted by Gasteiger charge is 2.24. The Morgan fingerprint density at radius 1 is 1.24 bits per heavy atom. The van der Waals surface area contributed by atoms with E-state index in [-0.39, 0.29) is 17.9 Å². The molecule has 4 heteroatoms. The third-order valence-corrected chi connectivity index (χ3v) is 4.77. The molecule has 132 valence electrons. The number of amides is 1. The van der Waals surface area contributed by atoms with Crippen LogP contribution in [0.5, 0.6) is 0 Å². The van der Waals surface area contributed by atoms with Gasteiger partial charge in [-0.05, 0) is 42.0 Å². The number of carbonyl (C=O) groups excluding carboxylic acids is 1. The normalized spacial score (nSPS) is 18.0. The Hall–Kier alpha value is -2.20. The predicted molar refractivity (Wildman–Crippen MR) is 98.1 cm³/mol. The van der Waals surface area contributed by atoms with Gasteiger partial charge in [-0.1, -0.05) is 37.3 Å². The van der Waals surface area contributed by atoms with Crippen molar-refractivity contribution in [2.75, 3.05) is 13.2 Å². The standard InChI is InChI=1S/C21H26N2O2/c1-17(19-6-3-2-4-7-19)14-21(24)23(16-20-8-5-13-25-20)15-18-9-11-22-12-10-18/h2-4,6-7,9-12,17,20H,5,8,13-16H2,1H3. The van der Waals surface area contributed by atoms with E-state index in [4.69, 9.17) is 4.74 Å². The molecule has 1 aromatic heterocycles. The zero-order chi connectivity index (χ0) is 17.5. The molecule has 3 rings (SSSR count). The van der Waals surface area contributed by atoms with Crippen molar-refractivity contribution in [3.63, 3.8) is 0 Å². The minimum absolute atomic E-state index is 0.165. The van der Waals surface area contributed by atoms with Crippen LogP contribution in [0.3, 0.4) is 0 Å². The fourth-order valence-corrected chi connectivity index (χ4v) is 3.29. The Bertz CT molecular complexity index is 654. The van der Waals surface area contributed by atoms with Crippen LogP contribution in [0.15, 0.2) is 54.9 Å². The minimum Gasteiger partial charge on any atom is -0.376 e. The third kappa shape index (κ3) is 5.13. The van der Waals surface area contributed by atoms with Gasteiger partial charge in [0, 0.05) is 38.5 Å². The molecule has 1 aliphatic heterocycles. The summed E-state index contributed by atoms with van der Waals surface area (Å²) >= 11 is 0. The summed E-state index contributed by atoms with van der Waals surface area (Å²) in [6, 6.07) is 14.2. The average Bonchev–Trinajstić information content (AvgIpc) is 3.16. The van der Waals surface area contributed by atoms with E-state index in [0.717, 1.165) is 25.0 Å². The Morgan fingerprint density at radius 2 is 2.00 bits per heavy atom. The maximum absolute atomic E-state index is 13.0. The van der Waals surface area contributed by atoms with Gasteiger partial charge in [-0.2, -0.15) is 0 Å². The van der Waals surface area contributed by atoms with E-state index in [1.807, 2.05) is 35.2 Å². The zero-order valence-electron chi connectivity index (χ0n) is 14.8. The highest BCUT2D eigenvalue weighted by Crippen LogP contribution is 2.22. The van der Waals surface area contributed by atoms with Crippen LogP contribution in [0.25, 0.3) is 0 Å². The van der Waals surface area contributed by atoms with Gasteiger partial charge in [-0.25, -0.2) is 0 Å². The molecule has 1 amide bonds. The van der Waals surface area contributed by atoms with E-state index >= 15 is 0 Å². The molecule has 1 saturated heterocycles. The molecule has 0 radical (unpaired) electrons. The maximum atomic E-state index is 13.0. The van der Waals surface area contributed by atoms with Gasteiger partial charge < -0.3 is 9.64 Å². The molecule has 4 nitrogen and oxygen atoms in total. The van der Waals surface area contributed by atoms with Crippen LogP contribution in [0.4, 0.5) is 0 Å². The molecular formula is C21H26N2O2. The first kappa shape index (κ1) is 17.6. The number of nitrogens with zero attached hydrogens (tertiary/aromatic N) is 2. The number of ether oxygens (including phenoxy) is 1. The number of hydrogen-bond acceptors (Lipinski definition) is 3. The maximum Gasteiger partial charge on any atom is 0.223 e. The summed E-state index contributed by atoms with van der Waals surface area (Å²) in [7, 11) is 0. The topological polar surface area (TPSA) is 42.4 Å². The number of rotatable bonds is 7. The quantitative estimate of drug-likeness (QED) is 0.771. The first-order valence-electron chi connectivity index (χ1n) is 9.05. The summed E-state index contributed by atoms with van der Waals surface area (Å²) in [5.74, 6) is 0.391. The lowest BCUT2D eigenvalue weighted by Crippen LogP contribution is -2.37. The fourth-order valence-electron chi connectivity index (χ4n) is 3.29. The molecular weight excluding hydrogens is 312 g/mol. The van der Waals surface area contributed by atoms with E-state index in [9.17, 15) is 4.79 Å². The summed E-state index contributed by atoms with van der Waals surface area (Å²) in [5.41, 5.74) is 2.31. The van der Waals surface area contributed by atoms with Gasteiger partial charge in [0.05, 0.1) is 6.10 Å². The molecule has 2 unspecified atom stereocenters. The van der Waals surface area contributed by atoms with Crippen LogP contribution in [0.2, 0.25) is 0 Å². The molecule has 2 atom stereocenters. The molecule has 1 fully saturated rings. The van der Waals surface area contributed by atoms with Crippen molar-refractivity contribution >= 4 is 5.91 Å². The van der Waals surface area contributed by atoms with Gasteiger partial charge in [0.25, 0.3) is 0 Å². The second-order valence-electron chi connectivity index (χ2n) is 6.78. The molecule has 1 aromatic carbocycles. The second-order valence-corrected chi connectivity index (χ2v) is 6.78. The second kappa shape index (κ2) is 8.77. The van der Waals surface area contributed by atoms with Crippen LogP contribution in [-0.4, -0.2) is 35.0 Å². The predicted octanol–water partition coefficient (Wildman–Crippen LogP) is 3.78. The summed E-state index contributed by atoms with van der Waals surface area (Å²) < 4.78 is 5.75. The highest BCUT2D eigenvalue weighted by atomic mass is 16.5. The van der Waals surface area contributed by atoms with E-state index < -0.39 is 0 Å². The highest BCUT2D eigenvalue weighted by molar-refractivity contribution is 5.77. The van der Waals surface area contributed by atoms with Gasteiger partial charge >= 0.3 is 0 Å². The van der Waals surface area contributed by atoms with Crippen molar-refractivity contribution in [2.45, 2.75) is 44.8 Å². The van der Waals surface area contributed by atoms with Crippen molar-refractivity contribution in [1.29, 1.82) is 0 Å². The average molecular weight is 338 g/mol. The smallest absolute Gasteiger partial charge is 0.223 e. The number of pyridine rings is 1. The van der Waals surface area contributed by atoms with Crippen molar-refractivity contribution in [2.24, 2.45) is 0 Å². The van der Waals surface area contributed by atoms with Crippen molar-refractivity contribution in [1.82, 2.24) is 9.88 Å². The lowest BCUT2D eigenvalue weighted by atomic mass is 9.97. The largest absolute Gasteiger partial charge is 0.376 e. The number of benzene rings is 1. The lowest BCUT2D eigenvalue weighted by Gasteiger charge is -2.27. The van der Waals surface area contributed by atoms with Crippen LogP contribution in [0.1, 0.15) is 43.2 Å². The van der Waals surface area contributed by atoms with E-state index in [1.165, 1.54) is 5.56 Å². The molecule has 0 saturated carbocycles. The van der Waals surface area contributed by atoms with Crippen molar-refractivity contribution in [3.05, 3.63) is 66.0 Å².